The van der Waals surface area contributed by atoms with Crippen molar-refractivity contribution in [1.29, 1.82) is 0 Å². The number of carbonyl (C=O) groups is 2. The number of ether oxygens (including phenoxy) is 1. The Morgan fingerprint density at radius 2 is 1.82 bits per heavy atom. The number of carbonyl (C=O) groups excluding carboxylic acids is 2. The van der Waals surface area contributed by atoms with Crippen LogP contribution in [0.2, 0.25) is 5.02 Å². The first-order valence-electron chi connectivity index (χ1n) is 6.40. The molecular weight excluding hydrogens is 310 g/mol. The minimum atomic E-state index is -0.596. The van der Waals surface area contributed by atoms with Gasteiger partial charge in [0.2, 0.25) is 0 Å². The largest absolute Gasteiger partial charge is 0.464 e. The third kappa shape index (κ3) is 2.57. The van der Waals surface area contributed by atoms with E-state index < -0.39 is 11.9 Å². The highest BCUT2D eigenvalue weighted by atomic mass is 35.5. The highest BCUT2D eigenvalue weighted by molar-refractivity contribution is 6.34. The zero-order chi connectivity index (χ0) is 16.6. The summed E-state index contributed by atoms with van der Waals surface area (Å²) >= 11 is 6.09. The van der Waals surface area contributed by atoms with E-state index in [1.54, 1.807) is 27.9 Å². The molecule has 2 rings (SSSR count). The highest BCUT2D eigenvalue weighted by Gasteiger charge is 2.25. The van der Waals surface area contributed by atoms with Crippen molar-refractivity contribution in [3.63, 3.8) is 0 Å². The third-order valence-electron chi connectivity index (χ3n) is 3.32. The molecule has 0 radical (unpaired) electrons. The van der Waals surface area contributed by atoms with Crippen molar-refractivity contribution in [2.45, 2.75) is 13.8 Å². The fraction of sp³-hybridized carbons (Fsp3) is 0.385. The van der Waals surface area contributed by atoms with E-state index in [9.17, 15) is 9.59 Å². The molecule has 0 saturated heterocycles. The van der Waals surface area contributed by atoms with Crippen molar-refractivity contribution < 1.29 is 14.3 Å². The molecule has 8 nitrogen and oxygen atoms in total. The van der Waals surface area contributed by atoms with Crippen molar-refractivity contribution in [3.05, 3.63) is 27.8 Å². The number of halogens is 1. The normalized spacial score (nSPS) is 10.6. The van der Waals surface area contributed by atoms with Crippen molar-refractivity contribution in [3.8, 4) is 0 Å². The molecule has 1 amide bonds. The van der Waals surface area contributed by atoms with Gasteiger partial charge in [0.05, 0.1) is 29.2 Å². The third-order valence-corrected chi connectivity index (χ3v) is 3.77. The summed E-state index contributed by atoms with van der Waals surface area (Å²) in [7, 11) is 4.54. The summed E-state index contributed by atoms with van der Waals surface area (Å²) in [6, 6.07) is 0. The van der Waals surface area contributed by atoms with Crippen molar-refractivity contribution in [2.24, 2.45) is 14.1 Å². The van der Waals surface area contributed by atoms with Crippen LogP contribution in [0.5, 0.6) is 0 Å². The molecular formula is C13H16ClN5O3. The number of methoxy groups -OCH3 is 1. The zero-order valence-corrected chi connectivity index (χ0v) is 13.6. The van der Waals surface area contributed by atoms with Gasteiger partial charge >= 0.3 is 5.97 Å². The molecule has 118 valence electrons. The summed E-state index contributed by atoms with van der Waals surface area (Å²) in [4.78, 5) is 24.2. The molecule has 2 aromatic rings. The van der Waals surface area contributed by atoms with Gasteiger partial charge in [-0.3, -0.25) is 14.2 Å². The number of anilines is 1. The maximum Gasteiger partial charge on any atom is 0.358 e. The van der Waals surface area contributed by atoms with Crippen LogP contribution in [0.25, 0.3) is 0 Å². The number of nitrogens with one attached hydrogen (secondary N) is 1. The van der Waals surface area contributed by atoms with Gasteiger partial charge in [-0.1, -0.05) is 11.6 Å². The zero-order valence-electron chi connectivity index (χ0n) is 12.9. The van der Waals surface area contributed by atoms with Gasteiger partial charge in [-0.2, -0.15) is 10.2 Å². The number of rotatable bonds is 3. The van der Waals surface area contributed by atoms with E-state index in [4.69, 9.17) is 16.3 Å². The van der Waals surface area contributed by atoms with Crippen molar-refractivity contribution in [1.82, 2.24) is 19.6 Å². The molecule has 0 unspecified atom stereocenters. The minimum absolute atomic E-state index is 0.0840. The molecule has 0 bridgehead atoms. The van der Waals surface area contributed by atoms with Gasteiger partial charge in [-0.15, -0.1) is 0 Å². The minimum Gasteiger partial charge on any atom is -0.464 e. The topological polar surface area (TPSA) is 91.0 Å². The predicted octanol–water partition coefficient (Wildman–Crippen LogP) is 1.46. The Morgan fingerprint density at radius 1 is 1.18 bits per heavy atom. The predicted molar refractivity (Wildman–Crippen MR) is 80.2 cm³/mol. The Balaban J connectivity index is 2.40. The van der Waals surface area contributed by atoms with E-state index in [2.05, 4.69) is 15.5 Å². The fourth-order valence-electron chi connectivity index (χ4n) is 2.04. The number of amides is 1. The molecule has 2 aromatic heterocycles. The van der Waals surface area contributed by atoms with E-state index in [1.807, 2.05) is 0 Å². The average molecular weight is 326 g/mol. The first-order valence-corrected chi connectivity index (χ1v) is 6.78. The number of esters is 1. The smallest absolute Gasteiger partial charge is 0.358 e. The summed E-state index contributed by atoms with van der Waals surface area (Å²) in [5.74, 6) is -1.11. The molecule has 0 aliphatic carbocycles. The van der Waals surface area contributed by atoms with E-state index in [0.717, 1.165) is 0 Å². The monoisotopic (exact) mass is 325 g/mol. The lowest BCUT2D eigenvalue weighted by molar-refractivity contribution is 0.0589. The second-order valence-electron chi connectivity index (χ2n) is 4.75. The van der Waals surface area contributed by atoms with Gasteiger partial charge in [0.1, 0.15) is 0 Å². The lowest BCUT2D eigenvalue weighted by atomic mass is 10.2. The molecule has 2 heterocycles. The molecule has 0 fully saturated rings. The van der Waals surface area contributed by atoms with E-state index >= 15 is 0 Å². The van der Waals surface area contributed by atoms with E-state index in [1.165, 1.54) is 16.5 Å². The van der Waals surface area contributed by atoms with Gasteiger partial charge in [0.25, 0.3) is 5.91 Å². The number of aromatic nitrogens is 4. The lowest BCUT2D eigenvalue weighted by Gasteiger charge is -2.06. The maximum atomic E-state index is 12.4. The van der Waals surface area contributed by atoms with Crippen LogP contribution in [-0.2, 0) is 18.8 Å². The summed E-state index contributed by atoms with van der Waals surface area (Å²) in [6.07, 6.45) is 0. The Bertz CT molecular complexity index is 762. The van der Waals surface area contributed by atoms with Crippen molar-refractivity contribution in [2.75, 3.05) is 12.4 Å². The lowest BCUT2D eigenvalue weighted by Crippen LogP contribution is -2.17. The number of aryl methyl sites for hydroxylation is 3. The first-order chi connectivity index (χ1) is 10.3. The second-order valence-corrected chi connectivity index (χ2v) is 5.13. The molecule has 0 saturated carbocycles. The van der Waals surface area contributed by atoms with Gasteiger partial charge in [-0.05, 0) is 13.8 Å². The SMILES string of the molecule is COC(=O)c1c(NC(=O)c2nn(C)c(C)c2Cl)c(C)nn1C. The summed E-state index contributed by atoms with van der Waals surface area (Å²) in [6.45, 7) is 3.43. The molecule has 1 N–H and O–H groups in total. The molecule has 0 aromatic carbocycles. The summed E-state index contributed by atoms with van der Waals surface area (Å²) in [5.41, 5.74) is 1.67. The van der Waals surface area contributed by atoms with Crippen LogP contribution in [0.3, 0.4) is 0 Å². The van der Waals surface area contributed by atoms with Crippen LogP contribution in [0.15, 0.2) is 0 Å². The Labute approximate surface area is 132 Å². The second kappa shape index (κ2) is 5.80. The fourth-order valence-corrected chi connectivity index (χ4v) is 2.28. The standard InChI is InChI=1S/C13H16ClN5O3/c1-6-9(11(13(21)22-5)19(4)16-6)15-12(20)10-8(14)7(2)18(3)17-10/h1-5H3,(H,15,20). The molecule has 0 aliphatic rings. The quantitative estimate of drug-likeness (QED) is 0.863. The first kappa shape index (κ1) is 16.0. The molecule has 0 atom stereocenters. The van der Waals surface area contributed by atoms with Gasteiger partial charge in [0.15, 0.2) is 11.4 Å². The van der Waals surface area contributed by atoms with Crippen LogP contribution < -0.4 is 5.32 Å². The van der Waals surface area contributed by atoms with Crippen LogP contribution in [0.1, 0.15) is 32.4 Å². The van der Waals surface area contributed by atoms with Gasteiger partial charge in [0, 0.05) is 14.1 Å². The summed E-state index contributed by atoms with van der Waals surface area (Å²) < 4.78 is 7.57. The van der Waals surface area contributed by atoms with Gasteiger partial charge < -0.3 is 10.1 Å². The molecule has 0 spiro atoms. The van der Waals surface area contributed by atoms with Crippen molar-refractivity contribution >= 4 is 29.2 Å². The maximum absolute atomic E-state index is 12.4. The number of nitrogens with zero attached hydrogens (tertiary/aromatic N) is 4. The van der Waals surface area contributed by atoms with E-state index in [0.29, 0.717) is 11.4 Å². The van der Waals surface area contributed by atoms with Gasteiger partial charge in [-0.25, -0.2) is 4.79 Å². The average Bonchev–Trinajstić information content (AvgIpc) is 2.89. The Hall–Kier alpha value is -2.35. The highest BCUT2D eigenvalue weighted by Crippen LogP contribution is 2.24. The molecule has 0 aliphatic heterocycles. The van der Waals surface area contributed by atoms with Crippen LogP contribution in [0.4, 0.5) is 5.69 Å². The summed E-state index contributed by atoms with van der Waals surface area (Å²) in [5, 5.41) is 11.1. The molecule has 9 heteroatoms. The molecule has 22 heavy (non-hydrogen) atoms. The Morgan fingerprint density at radius 3 is 2.32 bits per heavy atom. The Kier molecular flexibility index (Phi) is 4.23. The number of hydrogen-bond donors (Lipinski definition) is 1. The van der Waals surface area contributed by atoms with Crippen LogP contribution in [0, 0.1) is 13.8 Å². The number of hydrogen-bond acceptors (Lipinski definition) is 5. The van der Waals surface area contributed by atoms with Crippen LogP contribution in [-0.4, -0.2) is 38.5 Å². The van der Waals surface area contributed by atoms with Crippen LogP contribution >= 0.6 is 11.6 Å². The van der Waals surface area contributed by atoms with E-state index in [-0.39, 0.29) is 22.1 Å².